The molecule has 3 aromatic rings. The van der Waals surface area contributed by atoms with Crippen molar-refractivity contribution in [2.75, 3.05) is 18.5 Å². The van der Waals surface area contributed by atoms with Gasteiger partial charge in [0, 0.05) is 30.0 Å². The maximum absolute atomic E-state index is 13.8. The molecule has 2 aromatic carbocycles. The third-order valence-corrected chi connectivity index (χ3v) is 5.40. The van der Waals surface area contributed by atoms with E-state index in [9.17, 15) is 9.18 Å². The lowest BCUT2D eigenvalue weighted by atomic mass is 10.2. The average molecular weight is 435 g/mol. The SMILES string of the molecule is Cc1nn(-c2ccccc2)c(C)c1/C=C/C(=O)Nc1cc(F)ccc1OCC1CCCO1. The van der Waals surface area contributed by atoms with Crippen LogP contribution in [0.1, 0.15) is 29.8 Å². The Hall–Kier alpha value is -3.45. The minimum absolute atomic E-state index is 0.0237. The molecule has 0 bridgehead atoms. The van der Waals surface area contributed by atoms with Gasteiger partial charge >= 0.3 is 0 Å². The van der Waals surface area contributed by atoms with E-state index in [-0.39, 0.29) is 17.7 Å². The number of benzene rings is 2. The summed E-state index contributed by atoms with van der Waals surface area (Å²) in [6.07, 6.45) is 5.10. The lowest BCUT2D eigenvalue weighted by Gasteiger charge is -2.15. The zero-order chi connectivity index (χ0) is 22.5. The van der Waals surface area contributed by atoms with E-state index in [0.717, 1.165) is 42.1 Å². The summed E-state index contributed by atoms with van der Waals surface area (Å²) < 4.78 is 27.0. The highest BCUT2D eigenvalue weighted by Crippen LogP contribution is 2.27. The van der Waals surface area contributed by atoms with Gasteiger partial charge in [-0.1, -0.05) is 18.2 Å². The first kappa shape index (κ1) is 21.8. The summed E-state index contributed by atoms with van der Waals surface area (Å²) in [6, 6.07) is 13.9. The monoisotopic (exact) mass is 435 g/mol. The number of hydrogen-bond donors (Lipinski definition) is 1. The highest BCUT2D eigenvalue weighted by molar-refractivity contribution is 6.02. The van der Waals surface area contributed by atoms with E-state index in [4.69, 9.17) is 9.47 Å². The molecule has 1 fully saturated rings. The summed E-state index contributed by atoms with van der Waals surface area (Å²) in [5.74, 6) is -0.429. The summed E-state index contributed by atoms with van der Waals surface area (Å²) in [5.41, 5.74) is 3.82. The fraction of sp³-hybridized carbons (Fsp3) is 0.280. The van der Waals surface area contributed by atoms with Crippen LogP contribution in [-0.4, -0.2) is 35.0 Å². The molecular formula is C25H26FN3O3. The highest BCUT2D eigenvalue weighted by Gasteiger charge is 2.17. The Morgan fingerprint density at radius 2 is 2.09 bits per heavy atom. The second-order valence-corrected chi connectivity index (χ2v) is 7.74. The van der Waals surface area contributed by atoms with Gasteiger partial charge in [-0.25, -0.2) is 9.07 Å². The summed E-state index contributed by atoms with van der Waals surface area (Å²) in [5, 5.41) is 7.30. The molecule has 0 spiro atoms. The normalized spacial score (nSPS) is 15.9. The predicted octanol–water partition coefficient (Wildman–Crippen LogP) is 4.84. The summed E-state index contributed by atoms with van der Waals surface area (Å²) >= 11 is 0. The van der Waals surface area contributed by atoms with Crippen LogP contribution in [0.2, 0.25) is 0 Å². The fourth-order valence-corrected chi connectivity index (χ4v) is 3.73. The van der Waals surface area contributed by atoms with Gasteiger partial charge in [-0.05, 0) is 57.0 Å². The Morgan fingerprint density at radius 1 is 1.28 bits per heavy atom. The van der Waals surface area contributed by atoms with Gasteiger partial charge in [0.25, 0.3) is 0 Å². The number of hydrogen-bond acceptors (Lipinski definition) is 4. The van der Waals surface area contributed by atoms with Crippen LogP contribution in [0.4, 0.5) is 10.1 Å². The van der Waals surface area contributed by atoms with E-state index in [0.29, 0.717) is 12.4 Å². The molecule has 1 aliphatic rings. The van der Waals surface area contributed by atoms with Crippen molar-refractivity contribution < 1.29 is 18.7 Å². The topological polar surface area (TPSA) is 65.4 Å². The summed E-state index contributed by atoms with van der Waals surface area (Å²) in [4.78, 5) is 12.6. The van der Waals surface area contributed by atoms with Crippen molar-refractivity contribution in [2.45, 2.75) is 32.8 Å². The number of carbonyl (C=O) groups excluding carboxylic acids is 1. The second kappa shape index (κ2) is 9.78. The number of aryl methyl sites for hydroxylation is 1. The van der Waals surface area contributed by atoms with Gasteiger partial charge in [0.2, 0.25) is 5.91 Å². The lowest BCUT2D eigenvalue weighted by Crippen LogP contribution is -2.17. The van der Waals surface area contributed by atoms with Gasteiger partial charge in [0.15, 0.2) is 0 Å². The summed E-state index contributed by atoms with van der Waals surface area (Å²) in [7, 11) is 0. The van der Waals surface area contributed by atoms with E-state index in [2.05, 4.69) is 10.4 Å². The third kappa shape index (κ3) is 5.06. The van der Waals surface area contributed by atoms with Crippen LogP contribution in [-0.2, 0) is 9.53 Å². The standard InChI is InChI=1S/C25H26FN3O3/c1-17-22(18(2)29(28-17)20-7-4-3-5-8-20)11-13-25(30)27-23-15-19(26)10-12-24(23)32-16-21-9-6-14-31-21/h3-5,7-8,10-13,15,21H,6,9,14,16H2,1-2H3,(H,27,30)/b13-11+. The largest absolute Gasteiger partial charge is 0.489 e. The Morgan fingerprint density at radius 3 is 2.84 bits per heavy atom. The van der Waals surface area contributed by atoms with Gasteiger partial charge in [-0.15, -0.1) is 0 Å². The van der Waals surface area contributed by atoms with Crippen molar-refractivity contribution in [3.63, 3.8) is 0 Å². The van der Waals surface area contributed by atoms with Crippen LogP contribution in [0.25, 0.3) is 11.8 Å². The third-order valence-electron chi connectivity index (χ3n) is 5.40. The minimum atomic E-state index is -0.454. The van der Waals surface area contributed by atoms with E-state index in [1.807, 2.05) is 48.9 Å². The number of ether oxygens (including phenoxy) is 2. The molecule has 1 atom stereocenters. The predicted molar refractivity (Wildman–Crippen MR) is 122 cm³/mol. The number of para-hydroxylation sites is 1. The molecule has 1 saturated heterocycles. The van der Waals surface area contributed by atoms with Crippen LogP contribution in [0, 0.1) is 19.7 Å². The van der Waals surface area contributed by atoms with Crippen molar-refractivity contribution in [1.29, 1.82) is 0 Å². The number of nitrogens with zero attached hydrogens (tertiary/aromatic N) is 2. The van der Waals surface area contributed by atoms with Crippen LogP contribution in [0.5, 0.6) is 5.75 Å². The van der Waals surface area contributed by atoms with Gasteiger partial charge in [-0.2, -0.15) is 5.10 Å². The Labute approximate surface area is 186 Å². The number of amides is 1. The number of halogens is 1. The molecular weight excluding hydrogens is 409 g/mol. The van der Waals surface area contributed by atoms with Crippen molar-refractivity contribution in [3.05, 3.63) is 77.4 Å². The van der Waals surface area contributed by atoms with Crippen LogP contribution in [0.3, 0.4) is 0 Å². The van der Waals surface area contributed by atoms with Crippen LogP contribution >= 0.6 is 0 Å². The maximum Gasteiger partial charge on any atom is 0.248 e. The zero-order valence-electron chi connectivity index (χ0n) is 18.2. The molecule has 7 heteroatoms. The smallest absolute Gasteiger partial charge is 0.248 e. The van der Waals surface area contributed by atoms with E-state index in [1.54, 1.807) is 6.08 Å². The van der Waals surface area contributed by atoms with Gasteiger partial charge in [0.1, 0.15) is 18.2 Å². The average Bonchev–Trinajstić information content (AvgIpc) is 3.40. The molecule has 0 saturated carbocycles. The number of rotatable bonds is 7. The molecule has 1 amide bonds. The fourth-order valence-electron chi connectivity index (χ4n) is 3.73. The minimum Gasteiger partial charge on any atom is -0.489 e. The van der Waals surface area contributed by atoms with Crippen LogP contribution < -0.4 is 10.1 Å². The Balaban J connectivity index is 1.47. The number of anilines is 1. The van der Waals surface area contributed by atoms with Crippen molar-refractivity contribution in [1.82, 2.24) is 9.78 Å². The zero-order valence-corrected chi connectivity index (χ0v) is 18.2. The van der Waals surface area contributed by atoms with Crippen molar-refractivity contribution in [2.24, 2.45) is 0 Å². The van der Waals surface area contributed by atoms with Crippen molar-refractivity contribution in [3.8, 4) is 11.4 Å². The van der Waals surface area contributed by atoms with Gasteiger partial charge < -0.3 is 14.8 Å². The van der Waals surface area contributed by atoms with E-state index >= 15 is 0 Å². The molecule has 1 aromatic heterocycles. The molecule has 0 aliphatic carbocycles. The first-order valence-corrected chi connectivity index (χ1v) is 10.7. The molecule has 0 radical (unpaired) electrons. The Kier molecular flexibility index (Phi) is 6.66. The number of carbonyl (C=O) groups is 1. The van der Waals surface area contributed by atoms with E-state index < -0.39 is 5.82 Å². The van der Waals surface area contributed by atoms with E-state index in [1.165, 1.54) is 24.3 Å². The molecule has 1 aliphatic heterocycles. The quantitative estimate of drug-likeness (QED) is 0.540. The first-order chi connectivity index (χ1) is 15.5. The van der Waals surface area contributed by atoms with Crippen LogP contribution in [0.15, 0.2) is 54.6 Å². The molecule has 1 N–H and O–H groups in total. The Bertz CT molecular complexity index is 1120. The highest BCUT2D eigenvalue weighted by atomic mass is 19.1. The number of aromatic nitrogens is 2. The van der Waals surface area contributed by atoms with Gasteiger partial charge in [-0.3, -0.25) is 4.79 Å². The summed E-state index contributed by atoms with van der Waals surface area (Å²) in [6.45, 7) is 4.94. The van der Waals surface area contributed by atoms with Gasteiger partial charge in [0.05, 0.1) is 23.2 Å². The van der Waals surface area contributed by atoms with Crippen molar-refractivity contribution >= 4 is 17.7 Å². The molecule has 2 heterocycles. The maximum atomic E-state index is 13.8. The molecule has 4 rings (SSSR count). The molecule has 1 unspecified atom stereocenters. The molecule has 32 heavy (non-hydrogen) atoms. The second-order valence-electron chi connectivity index (χ2n) is 7.74. The molecule has 6 nitrogen and oxygen atoms in total. The first-order valence-electron chi connectivity index (χ1n) is 10.7. The lowest BCUT2D eigenvalue weighted by molar-refractivity contribution is -0.111. The number of nitrogens with one attached hydrogen (secondary N) is 1. The molecule has 166 valence electrons.